The summed E-state index contributed by atoms with van der Waals surface area (Å²) in [7, 11) is 0. The van der Waals surface area contributed by atoms with E-state index in [1.54, 1.807) is 0 Å². The molecule has 2 atom stereocenters. The highest BCUT2D eigenvalue weighted by Gasteiger charge is 2.22. The summed E-state index contributed by atoms with van der Waals surface area (Å²) in [4.78, 5) is 13.0. The number of hydrogen-bond donors (Lipinski definition) is 3. The van der Waals surface area contributed by atoms with Crippen LogP contribution in [0.3, 0.4) is 0 Å². The molecule has 2 unspecified atom stereocenters. The highest BCUT2D eigenvalue weighted by atomic mass is 19.1. The smallest absolute Gasteiger partial charge is 0.306 e. The Bertz CT molecular complexity index is 379. The molecule has 7 heteroatoms. The molecule has 0 fully saturated rings. The van der Waals surface area contributed by atoms with E-state index in [0.29, 0.717) is 0 Å². The van der Waals surface area contributed by atoms with Crippen LogP contribution in [0.1, 0.15) is 18.1 Å². The average Bonchev–Trinajstić information content (AvgIpc) is 2.13. The molecule has 0 bridgehead atoms. The maximum Gasteiger partial charge on any atom is 0.306 e. The molecule has 5 nitrogen and oxygen atoms in total. The summed E-state index contributed by atoms with van der Waals surface area (Å²) in [6, 6.07) is 1.44. The minimum absolute atomic E-state index is 0.265. The number of carboxylic acid groups (broad SMARTS) is 1. The molecule has 1 rings (SSSR count). The second kappa shape index (κ2) is 4.95. The van der Waals surface area contributed by atoms with E-state index in [0.717, 1.165) is 12.1 Å². The second-order valence-electron chi connectivity index (χ2n) is 3.16. The normalized spacial score (nSPS) is 14.5. The number of hydrogen-bond acceptors (Lipinski definition) is 4. The monoisotopic (exact) mass is 233 g/mol. The van der Waals surface area contributed by atoms with Crippen molar-refractivity contribution in [1.29, 1.82) is 0 Å². The van der Waals surface area contributed by atoms with Crippen molar-refractivity contribution >= 4 is 5.97 Å². The number of halogens is 2. The number of carbonyl (C=O) groups is 1. The lowest BCUT2D eigenvalue weighted by Gasteiger charge is -2.16. The fourth-order valence-electron chi connectivity index (χ4n) is 1.17. The first-order valence-corrected chi connectivity index (χ1v) is 4.31. The SMILES string of the molecule is O=C(O)CC(O)C(O)c1cc(F)nc(F)c1. The Kier molecular flexibility index (Phi) is 3.86. The zero-order valence-corrected chi connectivity index (χ0v) is 7.97. The van der Waals surface area contributed by atoms with Gasteiger partial charge < -0.3 is 15.3 Å². The molecule has 3 N–H and O–H groups in total. The van der Waals surface area contributed by atoms with Crippen LogP contribution in [-0.4, -0.2) is 32.4 Å². The van der Waals surface area contributed by atoms with E-state index < -0.39 is 36.5 Å². The number of aliphatic carboxylic acids is 1. The average molecular weight is 233 g/mol. The Morgan fingerprint density at radius 2 is 1.81 bits per heavy atom. The van der Waals surface area contributed by atoms with E-state index in [-0.39, 0.29) is 5.56 Å². The highest BCUT2D eigenvalue weighted by Crippen LogP contribution is 2.19. The van der Waals surface area contributed by atoms with Crippen LogP contribution in [0.2, 0.25) is 0 Å². The summed E-state index contributed by atoms with van der Waals surface area (Å²) >= 11 is 0. The quantitative estimate of drug-likeness (QED) is 0.647. The molecule has 0 aliphatic carbocycles. The van der Waals surface area contributed by atoms with E-state index in [2.05, 4.69) is 4.98 Å². The Labute approximate surface area is 89.0 Å². The molecular weight excluding hydrogens is 224 g/mol. The number of pyridine rings is 1. The first-order valence-electron chi connectivity index (χ1n) is 4.31. The van der Waals surface area contributed by atoms with Crippen molar-refractivity contribution in [3.05, 3.63) is 29.6 Å². The van der Waals surface area contributed by atoms with Crippen molar-refractivity contribution in [2.45, 2.75) is 18.6 Å². The van der Waals surface area contributed by atoms with E-state index in [1.807, 2.05) is 0 Å². The molecule has 0 amide bonds. The summed E-state index contributed by atoms with van der Waals surface area (Å²) in [6.45, 7) is 0. The summed E-state index contributed by atoms with van der Waals surface area (Å²) in [6.07, 6.45) is -4.05. The lowest BCUT2D eigenvalue weighted by Crippen LogP contribution is -2.22. The molecule has 88 valence electrons. The van der Waals surface area contributed by atoms with Gasteiger partial charge in [-0.25, -0.2) is 0 Å². The zero-order chi connectivity index (χ0) is 12.3. The van der Waals surface area contributed by atoms with Crippen LogP contribution in [0.5, 0.6) is 0 Å². The van der Waals surface area contributed by atoms with Crippen LogP contribution >= 0.6 is 0 Å². The number of carboxylic acids is 1. The van der Waals surface area contributed by atoms with Crippen LogP contribution < -0.4 is 0 Å². The van der Waals surface area contributed by atoms with E-state index in [4.69, 9.17) is 5.11 Å². The predicted molar refractivity (Wildman–Crippen MR) is 47.4 cm³/mol. The number of aliphatic hydroxyl groups excluding tert-OH is 2. The summed E-state index contributed by atoms with van der Waals surface area (Å²) in [5.74, 6) is -3.64. The van der Waals surface area contributed by atoms with Gasteiger partial charge in [0.1, 0.15) is 6.10 Å². The molecule has 0 saturated heterocycles. The van der Waals surface area contributed by atoms with Gasteiger partial charge in [-0.2, -0.15) is 13.8 Å². The number of nitrogens with zero attached hydrogens (tertiary/aromatic N) is 1. The third kappa shape index (κ3) is 3.21. The zero-order valence-electron chi connectivity index (χ0n) is 7.97. The molecule has 0 aliphatic rings. The summed E-state index contributed by atoms with van der Waals surface area (Å²) in [5, 5.41) is 27.0. The third-order valence-corrected chi connectivity index (χ3v) is 1.87. The lowest BCUT2D eigenvalue weighted by molar-refractivity contribution is -0.141. The first-order chi connectivity index (χ1) is 7.40. The van der Waals surface area contributed by atoms with E-state index in [1.165, 1.54) is 0 Å². The van der Waals surface area contributed by atoms with Crippen LogP contribution in [0, 0.1) is 11.9 Å². The topological polar surface area (TPSA) is 90.7 Å². The van der Waals surface area contributed by atoms with Gasteiger partial charge in [0.2, 0.25) is 11.9 Å². The highest BCUT2D eigenvalue weighted by molar-refractivity contribution is 5.67. The predicted octanol–water partition coefficient (Wildman–Crippen LogP) is 0.229. The maximum atomic E-state index is 12.7. The van der Waals surface area contributed by atoms with Gasteiger partial charge in [0, 0.05) is 0 Å². The minimum Gasteiger partial charge on any atom is -0.481 e. The second-order valence-corrected chi connectivity index (χ2v) is 3.16. The van der Waals surface area contributed by atoms with Crippen molar-refractivity contribution in [3.63, 3.8) is 0 Å². The molecule has 1 aromatic rings. The summed E-state index contributed by atoms with van der Waals surface area (Å²) in [5.41, 5.74) is -0.265. The largest absolute Gasteiger partial charge is 0.481 e. The van der Waals surface area contributed by atoms with Crippen molar-refractivity contribution in [2.24, 2.45) is 0 Å². The van der Waals surface area contributed by atoms with Crippen LogP contribution in [-0.2, 0) is 4.79 Å². The van der Waals surface area contributed by atoms with Crippen LogP contribution in [0.15, 0.2) is 12.1 Å². The van der Waals surface area contributed by atoms with Crippen molar-refractivity contribution in [1.82, 2.24) is 4.98 Å². The molecular formula is C9H9F2NO4. The number of rotatable bonds is 4. The molecule has 0 spiro atoms. The molecule has 1 aromatic heterocycles. The minimum atomic E-state index is -1.68. The standard InChI is InChI=1S/C9H9F2NO4/c10-6-1-4(2-7(11)12-6)9(16)5(13)3-8(14)15/h1-2,5,9,13,16H,3H2,(H,14,15). The van der Waals surface area contributed by atoms with Gasteiger partial charge in [0.05, 0.1) is 12.5 Å². The van der Waals surface area contributed by atoms with Crippen molar-refractivity contribution in [3.8, 4) is 0 Å². The van der Waals surface area contributed by atoms with Gasteiger partial charge in [-0.05, 0) is 17.7 Å². The van der Waals surface area contributed by atoms with Gasteiger partial charge >= 0.3 is 5.97 Å². The molecule has 1 heterocycles. The van der Waals surface area contributed by atoms with Gasteiger partial charge in [0.25, 0.3) is 0 Å². The fourth-order valence-corrected chi connectivity index (χ4v) is 1.17. The molecule has 0 aliphatic heterocycles. The Balaban J connectivity index is 2.86. The van der Waals surface area contributed by atoms with Gasteiger partial charge in [-0.1, -0.05) is 0 Å². The molecule has 16 heavy (non-hydrogen) atoms. The number of aromatic nitrogens is 1. The molecule has 0 saturated carbocycles. The third-order valence-electron chi connectivity index (χ3n) is 1.87. The van der Waals surface area contributed by atoms with E-state index >= 15 is 0 Å². The van der Waals surface area contributed by atoms with Crippen molar-refractivity contribution < 1.29 is 28.9 Å². The Hall–Kier alpha value is -1.60. The van der Waals surface area contributed by atoms with Crippen LogP contribution in [0.25, 0.3) is 0 Å². The Morgan fingerprint density at radius 3 is 2.25 bits per heavy atom. The van der Waals surface area contributed by atoms with E-state index in [9.17, 15) is 23.8 Å². The molecule has 0 radical (unpaired) electrons. The van der Waals surface area contributed by atoms with Crippen molar-refractivity contribution in [2.75, 3.05) is 0 Å². The fraction of sp³-hybridized carbons (Fsp3) is 0.333. The number of aliphatic hydroxyl groups is 2. The Morgan fingerprint density at radius 1 is 1.31 bits per heavy atom. The van der Waals surface area contributed by atoms with Crippen LogP contribution in [0.4, 0.5) is 8.78 Å². The summed E-state index contributed by atoms with van der Waals surface area (Å²) < 4.78 is 25.3. The van der Waals surface area contributed by atoms with Gasteiger partial charge in [-0.15, -0.1) is 0 Å². The van der Waals surface area contributed by atoms with Gasteiger partial charge in [0.15, 0.2) is 0 Å². The first kappa shape index (κ1) is 12.5. The molecule has 0 aromatic carbocycles. The van der Waals surface area contributed by atoms with Gasteiger partial charge in [-0.3, -0.25) is 4.79 Å². The lowest BCUT2D eigenvalue weighted by atomic mass is 10.0. The maximum absolute atomic E-state index is 12.7.